The maximum absolute atomic E-state index is 12.1. The minimum absolute atomic E-state index is 0.205. The molecule has 0 aromatic rings. The van der Waals surface area contributed by atoms with Crippen LogP contribution in [-0.2, 0) is 14.4 Å². The fraction of sp³-hybridized carbons (Fsp3) is 0.577. The summed E-state index contributed by atoms with van der Waals surface area (Å²) in [7, 11) is 0. The van der Waals surface area contributed by atoms with E-state index < -0.39 is 24.0 Å². The number of nitrogens with zero attached hydrogens (tertiary/aromatic N) is 1. The third-order valence-corrected chi connectivity index (χ3v) is 5.70. The highest BCUT2D eigenvalue weighted by Crippen LogP contribution is 2.19. The monoisotopic (exact) mass is 460 g/mol. The summed E-state index contributed by atoms with van der Waals surface area (Å²) in [5, 5.41) is 30.1. The summed E-state index contributed by atoms with van der Waals surface area (Å²) in [4.78, 5) is 35.2. The Kier molecular flexibility index (Phi) is 12.6. The van der Waals surface area contributed by atoms with Gasteiger partial charge in [-0.15, -0.1) is 0 Å². The molecule has 1 rings (SSSR count). The molecule has 2 N–H and O–H groups in total. The molecule has 1 amide bonds. The molecule has 0 aliphatic carbocycles. The highest BCUT2D eigenvalue weighted by molar-refractivity contribution is 5.97. The van der Waals surface area contributed by atoms with Crippen molar-refractivity contribution < 1.29 is 29.7 Å². The van der Waals surface area contributed by atoms with E-state index in [1.54, 1.807) is 6.08 Å². The molecule has 0 spiro atoms. The van der Waals surface area contributed by atoms with Gasteiger partial charge in [0.2, 0.25) is 5.91 Å². The molecule has 0 saturated heterocycles. The molecular weight excluding hydrogens is 422 g/mol. The van der Waals surface area contributed by atoms with E-state index in [0.29, 0.717) is 24.5 Å². The topological polar surface area (TPSA) is 118 Å². The van der Waals surface area contributed by atoms with Crippen molar-refractivity contribution in [1.29, 1.82) is 0 Å². The van der Waals surface area contributed by atoms with Crippen LogP contribution in [0.3, 0.4) is 0 Å². The zero-order valence-corrected chi connectivity index (χ0v) is 20.3. The fourth-order valence-electron chi connectivity index (χ4n) is 3.63. The summed E-state index contributed by atoms with van der Waals surface area (Å²) in [6.45, 7) is 7.32. The first-order valence-electron chi connectivity index (χ1n) is 11.6. The second-order valence-corrected chi connectivity index (χ2v) is 8.97. The van der Waals surface area contributed by atoms with Crippen molar-refractivity contribution in [2.75, 3.05) is 13.1 Å². The van der Waals surface area contributed by atoms with E-state index >= 15 is 0 Å². The van der Waals surface area contributed by atoms with Gasteiger partial charge in [0.15, 0.2) is 5.78 Å². The number of Topliss-reactive ketones (excluding diaryl/α,β-unsaturated/α-hetero) is 1. The Morgan fingerprint density at radius 3 is 2.55 bits per heavy atom. The maximum atomic E-state index is 12.1. The predicted molar refractivity (Wildman–Crippen MR) is 126 cm³/mol. The van der Waals surface area contributed by atoms with Crippen LogP contribution in [0.25, 0.3) is 0 Å². The molecule has 33 heavy (non-hydrogen) atoms. The number of rotatable bonds is 15. The summed E-state index contributed by atoms with van der Waals surface area (Å²) in [5.41, 5.74) is 2.85. The number of hydrogen-bond donors (Lipinski definition) is 2. The summed E-state index contributed by atoms with van der Waals surface area (Å²) in [6, 6.07) is 0. The van der Waals surface area contributed by atoms with Gasteiger partial charge in [0.05, 0.1) is 18.6 Å². The normalized spacial score (nSPS) is 17.9. The van der Waals surface area contributed by atoms with Gasteiger partial charge in [-0.3, -0.25) is 9.59 Å². The number of carbonyl (C=O) groups excluding carboxylic acids is 3. The Morgan fingerprint density at radius 1 is 1.21 bits per heavy atom. The van der Waals surface area contributed by atoms with E-state index in [1.165, 1.54) is 17.4 Å². The molecule has 0 aromatic heterocycles. The zero-order valence-electron chi connectivity index (χ0n) is 20.3. The average molecular weight is 461 g/mol. The molecule has 7 nitrogen and oxygen atoms in total. The molecule has 0 radical (unpaired) electrons. The Hall–Kier alpha value is -2.51. The largest absolute Gasteiger partial charge is 0.548 e. The molecule has 0 aromatic carbocycles. The number of allylic oxidation sites excluding steroid dienone is 5. The lowest BCUT2D eigenvalue weighted by atomic mass is 9.99. The van der Waals surface area contributed by atoms with Crippen LogP contribution in [0.1, 0.15) is 66.2 Å². The number of hydrogen-bond acceptors (Lipinski definition) is 6. The van der Waals surface area contributed by atoms with Gasteiger partial charge in [0.1, 0.15) is 6.10 Å². The quantitative estimate of drug-likeness (QED) is 0.286. The van der Waals surface area contributed by atoms with E-state index in [2.05, 4.69) is 26.0 Å². The van der Waals surface area contributed by atoms with Gasteiger partial charge in [-0.1, -0.05) is 48.5 Å². The first kappa shape index (κ1) is 28.5. The summed E-state index contributed by atoms with van der Waals surface area (Å²) >= 11 is 0. The van der Waals surface area contributed by atoms with Crippen molar-refractivity contribution in [3.8, 4) is 0 Å². The Morgan fingerprint density at radius 2 is 1.91 bits per heavy atom. The third kappa shape index (κ3) is 11.3. The van der Waals surface area contributed by atoms with Gasteiger partial charge in [-0.25, -0.2) is 0 Å². The lowest BCUT2D eigenvalue weighted by molar-refractivity contribution is -0.305. The molecule has 184 valence electrons. The maximum Gasteiger partial charge on any atom is 0.250 e. The highest BCUT2D eigenvalue weighted by Gasteiger charge is 2.23. The molecule has 7 heteroatoms. The van der Waals surface area contributed by atoms with Crippen LogP contribution in [0, 0.1) is 5.92 Å². The van der Waals surface area contributed by atoms with Crippen LogP contribution in [0.4, 0.5) is 0 Å². The van der Waals surface area contributed by atoms with Crippen molar-refractivity contribution in [3.05, 3.63) is 47.1 Å². The van der Waals surface area contributed by atoms with Crippen molar-refractivity contribution >= 4 is 17.7 Å². The number of carbonyl (C=O) groups is 3. The Bertz CT molecular complexity index is 808. The first-order chi connectivity index (χ1) is 15.5. The molecule has 3 atom stereocenters. The number of aliphatic hydroxyl groups is 2. The van der Waals surface area contributed by atoms with E-state index in [1.807, 2.05) is 19.1 Å². The summed E-state index contributed by atoms with van der Waals surface area (Å²) in [5.74, 6) is -1.50. The number of aliphatic carboxylic acids is 1. The number of ketones is 1. The van der Waals surface area contributed by atoms with Gasteiger partial charge < -0.3 is 25.0 Å². The van der Waals surface area contributed by atoms with Crippen molar-refractivity contribution in [3.63, 3.8) is 0 Å². The zero-order chi connectivity index (χ0) is 25.0. The lowest BCUT2D eigenvalue weighted by Crippen LogP contribution is -2.39. The van der Waals surface area contributed by atoms with Crippen LogP contribution < -0.4 is 5.11 Å². The van der Waals surface area contributed by atoms with Crippen molar-refractivity contribution in [2.45, 2.75) is 78.4 Å². The molecule has 0 bridgehead atoms. The fourth-order valence-corrected chi connectivity index (χ4v) is 3.63. The minimum atomic E-state index is -1.33. The Labute approximate surface area is 197 Å². The van der Waals surface area contributed by atoms with Gasteiger partial charge in [0.25, 0.3) is 0 Å². The van der Waals surface area contributed by atoms with Crippen LogP contribution in [0.2, 0.25) is 0 Å². The molecule has 1 heterocycles. The smallest absolute Gasteiger partial charge is 0.250 e. The highest BCUT2D eigenvalue weighted by atomic mass is 16.4. The molecule has 0 fully saturated rings. The van der Waals surface area contributed by atoms with Crippen molar-refractivity contribution in [2.24, 2.45) is 5.92 Å². The number of amides is 1. The summed E-state index contributed by atoms with van der Waals surface area (Å²) < 4.78 is 0. The van der Waals surface area contributed by atoms with E-state index in [9.17, 15) is 29.7 Å². The standard InChI is InChI=1S/C26H39NO6/c1-18(10-6-12-20(3)16-23(29)25(32)21(4)28)8-5-9-19(2)11-7-13-22-14-15-27(26(22)33)17-24(30)31/h5,8-9,12,14,18,23,25,29,32H,6-7,10-11,13,15-17H2,1-4H3,(H,30,31)/p-1/b8-5+,19-9+,20-12-. The third-order valence-electron chi connectivity index (χ3n) is 5.70. The summed E-state index contributed by atoms with van der Waals surface area (Å²) in [6.07, 6.45) is 12.1. The number of aliphatic hydroxyl groups excluding tert-OH is 2. The lowest BCUT2D eigenvalue weighted by Gasteiger charge is -2.16. The van der Waals surface area contributed by atoms with Gasteiger partial charge >= 0.3 is 0 Å². The molecule has 0 saturated carbocycles. The van der Waals surface area contributed by atoms with Crippen molar-refractivity contribution in [1.82, 2.24) is 4.90 Å². The molecule has 1 aliphatic rings. The first-order valence-corrected chi connectivity index (χ1v) is 11.6. The van der Waals surface area contributed by atoms with Crippen LogP contribution in [-0.4, -0.2) is 58.1 Å². The number of carboxylic acid groups (broad SMARTS) is 1. The van der Waals surface area contributed by atoms with E-state index in [0.717, 1.165) is 31.3 Å². The minimum Gasteiger partial charge on any atom is -0.548 e. The second-order valence-electron chi connectivity index (χ2n) is 8.97. The number of carboxylic acids is 1. The van der Waals surface area contributed by atoms with Crippen LogP contribution in [0.5, 0.6) is 0 Å². The molecular formula is C26H38NO6-. The van der Waals surface area contributed by atoms with Gasteiger partial charge in [0, 0.05) is 12.1 Å². The van der Waals surface area contributed by atoms with E-state index in [-0.39, 0.29) is 18.9 Å². The van der Waals surface area contributed by atoms with Crippen LogP contribution in [0.15, 0.2) is 47.1 Å². The average Bonchev–Trinajstić information content (AvgIpc) is 3.06. The van der Waals surface area contributed by atoms with Gasteiger partial charge in [-0.2, -0.15) is 0 Å². The molecule has 1 aliphatic heterocycles. The van der Waals surface area contributed by atoms with E-state index in [4.69, 9.17) is 0 Å². The SMILES string of the molecule is CC(=O)C(O)C(O)C/C(C)=C\CCC(C)/C=C/C=C(\C)CCCC1=CCN(CC(=O)[O-])C1=O. The second kappa shape index (κ2) is 14.6. The predicted octanol–water partition coefficient (Wildman–Crippen LogP) is 2.24. The van der Waals surface area contributed by atoms with Crippen LogP contribution >= 0.6 is 0 Å². The van der Waals surface area contributed by atoms with Gasteiger partial charge in [-0.05, 0) is 65.2 Å². The molecule has 3 unspecified atom stereocenters. The Balaban J connectivity index is 2.31.